The predicted molar refractivity (Wildman–Crippen MR) is 137 cm³/mol. The van der Waals surface area contributed by atoms with E-state index in [0.717, 1.165) is 45.6 Å². The van der Waals surface area contributed by atoms with Crippen molar-refractivity contribution in [3.05, 3.63) is 23.8 Å². The van der Waals surface area contributed by atoms with Crippen molar-refractivity contribution in [2.75, 3.05) is 58.9 Å². The van der Waals surface area contributed by atoms with Crippen LogP contribution in [-0.2, 0) is 14.3 Å². The number of nitrogens with one attached hydrogen (secondary N) is 1. The highest BCUT2D eigenvalue weighted by atomic mass is 16.5. The molecular weight excluding hydrogens is 446 g/mol. The lowest BCUT2D eigenvalue weighted by atomic mass is 9.96. The van der Waals surface area contributed by atoms with Gasteiger partial charge in [-0.05, 0) is 56.2 Å². The van der Waals surface area contributed by atoms with E-state index >= 15 is 0 Å². The fourth-order valence-electron chi connectivity index (χ4n) is 4.89. The molecule has 2 aliphatic rings. The molecule has 1 saturated heterocycles. The number of benzene rings is 1. The molecule has 1 aromatic carbocycles. The quantitative estimate of drug-likeness (QED) is 0.657. The first-order valence-electron chi connectivity index (χ1n) is 13.0. The number of anilines is 1. The Kier molecular flexibility index (Phi) is 10.4. The standard InChI is InChI=1S/C27H43N3O5/c1-6-7-26(31)28-22-8-9-24-23(14-22)27(32)29(4)17-25(33-5)19(2)15-30(20(3)18-35-24)16-21-10-12-34-13-11-21/h8-9,14,19-21,25H,6-7,10-13,15-18H2,1-5H3,(H,28,31)/t19-,20+,25-/m1/s1. The number of carbonyl (C=O) groups is 2. The van der Waals surface area contributed by atoms with Crippen molar-refractivity contribution in [3.8, 4) is 5.75 Å². The molecule has 35 heavy (non-hydrogen) atoms. The topological polar surface area (TPSA) is 80.3 Å². The lowest BCUT2D eigenvalue weighted by Gasteiger charge is -2.38. The van der Waals surface area contributed by atoms with Crippen LogP contribution < -0.4 is 10.1 Å². The first-order chi connectivity index (χ1) is 16.8. The van der Waals surface area contributed by atoms with Gasteiger partial charge >= 0.3 is 0 Å². The number of amides is 2. The average Bonchev–Trinajstić information content (AvgIpc) is 2.85. The summed E-state index contributed by atoms with van der Waals surface area (Å²) in [6, 6.07) is 5.49. The molecule has 0 radical (unpaired) electrons. The van der Waals surface area contributed by atoms with Crippen LogP contribution in [0.25, 0.3) is 0 Å². The van der Waals surface area contributed by atoms with Crippen LogP contribution in [0.3, 0.4) is 0 Å². The third-order valence-electron chi connectivity index (χ3n) is 7.17. The minimum atomic E-state index is -0.145. The molecule has 8 nitrogen and oxygen atoms in total. The molecule has 0 bridgehead atoms. The third kappa shape index (κ3) is 7.66. The monoisotopic (exact) mass is 489 g/mol. The van der Waals surface area contributed by atoms with Crippen LogP contribution in [-0.4, -0.2) is 87.4 Å². The molecule has 3 rings (SSSR count). The maximum atomic E-state index is 13.4. The van der Waals surface area contributed by atoms with E-state index in [-0.39, 0.29) is 29.9 Å². The van der Waals surface area contributed by atoms with Crippen LogP contribution in [0.5, 0.6) is 5.75 Å². The number of hydrogen-bond acceptors (Lipinski definition) is 6. The first kappa shape index (κ1) is 27.4. The van der Waals surface area contributed by atoms with E-state index in [1.54, 1.807) is 37.3 Å². The number of likely N-dealkylation sites (N-methyl/N-ethyl adjacent to an activating group) is 1. The summed E-state index contributed by atoms with van der Waals surface area (Å²) >= 11 is 0. The number of hydrogen-bond donors (Lipinski definition) is 1. The van der Waals surface area contributed by atoms with Crippen LogP contribution in [0, 0.1) is 11.8 Å². The fraction of sp³-hybridized carbons (Fsp3) is 0.704. The van der Waals surface area contributed by atoms with Gasteiger partial charge in [0.2, 0.25) is 5.91 Å². The van der Waals surface area contributed by atoms with E-state index in [2.05, 4.69) is 24.1 Å². The zero-order chi connectivity index (χ0) is 25.4. The van der Waals surface area contributed by atoms with Gasteiger partial charge in [0, 0.05) is 65.2 Å². The Bertz CT molecular complexity index is 842. The Balaban J connectivity index is 1.87. The molecule has 2 heterocycles. The summed E-state index contributed by atoms with van der Waals surface area (Å²) in [6.07, 6.45) is 3.28. The molecule has 1 aromatic rings. The Morgan fingerprint density at radius 1 is 1.20 bits per heavy atom. The minimum absolute atomic E-state index is 0.0621. The molecule has 0 saturated carbocycles. The Labute approximate surface area is 210 Å². The summed E-state index contributed by atoms with van der Waals surface area (Å²) in [7, 11) is 3.51. The van der Waals surface area contributed by atoms with E-state index in [4.69, 9.17) is 14.2 Å². The van der Waals surface area contributed by atoms with Gasteiger partial charge in [0.1, 0.15) is 12.4 Å². The van der Waals surface area contributed by atoms with Gasteiger partial charge in [-0.2, -0.15) is 0 Å². The molecule has 2 amide bonds. The van der Waals surface area contributed by atoms with Crippen molar-refractivity contribution in [1.29, 1.82) is 0 Å². The van der Waals surface area contributed by atoms with Crippen molar-refractivity contribution in [2.45, 2.75) is 58.6 Å². The third-order valence-corrected chi connectivity index (χ3v) is 7.17. The van der Waals surface area contributed by atoms with Crippen LogP contribution in [0.2, 0.25) is 0 Å². The lowest BCUT2D eigenvalue weighted by molar-refractivity contribution is -0.116. The van der Waals surface area contributed by atoms with Crippen molar-refractivity contribution < 1.29 is 23.8 Å². The van der Waals surface area contributed by atoms with Gasteiger partial charge in [0.15, 0.2) is 0 Å². The number of nitrogens with zero attached hydrogens (tertiary/aromatic N) is 2. The van der Waals surface area contributed by atoms with Crippen LogP contribution in [0.4, 0.5) is 5.69 Å². The normalized spacial score (nSPS) is 25.2. The Morgan fingerprint density at radius 2 is 1.94 bits per heavy atom. The van der Waals surface area contributed by atoms with Gasteiger partial charge in [-0.3, -0.25) is 14.5 Å². The zero-order valence-corrected chi connectivity index (χ0v) is 22.0. The van der Waals surface area contributed by atoms with E-state index in [1.165, 1.54) is 0 Å². The molecule has 0 unspecified atom stereocenters. The van der Waals surface area contributed by atoms with Crippen molar-refractivity contribution in [1.82, 2.24) is 9.80 Å². The van der Waals surface area contributed by atoms with Gasteiger partial charge in [0.05, 0.1) is 11.7 Å². The summed E-state index contributed by atoms with van der Waals surface area (Å²) in [6.45, 7) is 10.8. The maximum Gasteiger partial charge on any atom is 0.257 e. The van der Waals surface area contributed by atoms with Crippen molar-refractivity contribution in [3.63, 3.8) is 0 Å². The number of ether oxygens (including phenoxy) is 3. The number of methoxy groups -OCH3 is 1. The molecule has 8 heteroatoms. The van der Waals surface area contributed by atoms with E-state index in [1.807, 2.05) is 6.92 Å². The van der Waals surface area contributed by atoms with Crippen LogP contribution >= 0.6 is 0 Å². The summed E-state index contributed by atoms with van der Waals surface area (Å²) < 4.78 is 17.7. The summed E-state index contributed by atoms with van der Waals surface area (Å²) in [5.74, 6) is 1.17. The largest absolute Gasteiger partial charge is 0.491 e. The lowest BCUT2D eigenvalue weighted by Crippen LogP contribution is -2.48. The number of rotatable bonds is 6. The molecule has 2 aliphatic heterocycles. The summed E-state index contributed by atoms with van der Waals surface area (Å²) in [5.41, 5.74) is 1.05. The zero-order valence-electron chi connectivity index (χ0n) is 22.0. The summed E-state index contributed by atoms with van der Waals surface area (Å²) in [5, 5.41) is 2.89. The second-order valence-electron chi connectivity index (χ2n) is 10.1. The molecule has 1 N–H and O–H groups in total. The van der Waals surface area contributed by atoms with Crippen molar-refractivity contribution in [2.24, 2.45) is 11.8 Å². The Hall–Kier alpha value is -2.16. The highest BCUT2D eigenvalue weighted by molar-refractivity contribution is 5.99. The highest BCUT2D eigenvalue weighted by Crippen LogP contribution is 2.27. The van der Waals surface area contributed by atoms with Gasteiger partial charge in [0.25, 0.3) is 5.91 Å². The highest BCUT2D eigenvalue weighted by Gasteiger charge is 2.30. The van der Waals surface area contributed by atoms with E-state index in [9.17, 15) is 9.59 Å². The number of carbonyl (C=O) groups excluding carboxylic acids is 2. The summed E-state index contributed by atoms with van der Waals surface area (Å²) in [4.78, 5) is 29.8. The van der Waals surface area contributed by atoms with Gasteiger partial charge in [-0.15, -0.1) is 0 Å². The second kappa shape index (κ2) is 13.2. The van der Waals surface area contributed by atoms with E-state index < -0.39 is 0 Å². The second-order valence-corrected chi connectivity index (χ2v) is 10.1. The van der Waals surface area contributed by atoms with E-state index in [0.29, 0.717) is 42.5 Å². The van der Waals surface area contributed by atoms with Crippen LogP contribution in [0.15, 0.2) is 18.2 Å². The predicted octanol–water partition coefficient (Wildman–Crippen LogP) is 3.66. The van der Waals surface area contributed by atoms with Crippen LogP contribution in [0.1, 0.15) is 56.8 Å². The van der Waals surface area contributed by atoms with Gasteiger partial charge in [-0.1, -0.05) is 13.8 Å². The molecule has 1 fully saturated rings. The molecule has 0 aliphatic carbocycles. The molecule has 196 valence electrons. The minimum Gasteiger partial charge on any atom is -0.491 e. The molecule has 3 atom stereocenters. The van der Waals surface area contributed by atoms with Gasteiger partial charge in [-0.25, -0.2) is 0 Å². The maximum absolute atomic E-state index is 13.4. The average molecular weight is 490 g/mol. The molecule has 0 spiro atoms. The first-order valence-corrected chi connectivity index (χ1v) is 13.0. The molecule has 0 aromatic heterocycles. The fourth-order valence-corrected chi connectivity index (χ4v) is 4.89. The SMILES string of the molecule is CCCC(=O)Nc1ccc2c(c1)C(=O)N(C)C[C@@H](OC)[C@H](C)CN(CC1CCOCC1)[C@@H](C)CO2. The number of fused-ring (bicyclic) bond motifs is 1. The Morgan fingerprint density at radius 3 is 2.63 bits per heavy atom. The van der Waals surface area contributed by atoms with Crippen molar-refractivity contribution >= 4 is 17.5 Å². The smallest absolute Gasteiger partial charge is 0.257 e. The molecular formula is C27H43N3O5. The van der Waals surface area contributed by atoms with Gasteiger partial charge < -0.3 is 24.4 Å².